The Kier molecular flexibility index (Phi) is 4.13. The summed E-state index contributed by atoms with van der Waals surface area (Å²) in [7, 11) is 0. The first kappa shape index (κ1) is 14.1. The summed E-state index contributed by atoms with van der Waals surface area (Å²) >= 11 is 0. The Morgan fingerprint density at radius 1 is 1.05 bits per heavy atom. The molecule has 0 spiro atoms. The zero-order valence-corrected chi connectivity index (χ0v) is 12.3. The molecular formula is C16H24O4. The van der Waals surface area contributed by atoms with Crippen molar-refractivity contribution in [3.63, 3.8) is 0 Å². The zero-order valence-electron chi connectivity index (χ0n) is 12.3. The first-order valence-electron chi connectivity index (χ1n) is 7.76. The summed E-state index contributed by atoms with van der Waals surface area (Å²) in [5.41, 5.74) is 1.20. The predicted octanol–water partition coefficient (Wildman–Crippen LogP) is 2.81. The maximum absolute atomic E-state index is 9.95. The van der Waals surface area contributed by atoms with Gasteiger partial charge in [0.2, 0.25) is 0 Å². The third-order valence-corrected chi connectivity index (χ3v) is 4.88. The normalized spacial score (nSPS) is 46.4. The van der Waals surface area contributed by atoms with Crippen molar-refractivity contribution in [1.29, 1.82) is 0 Å². The van der Waals surface area contributed by atoms with E-state index in [0.717, 1.165) is 18.8 Å². The minimum absolute atomic E-state index is 0.405. The van der Waals surface area contributed by atoms with E-state index in [1.165, 1.54) is 24.8 Å². The number of hydrogen-bond donors (Lipinski definition) is 0. The van der Waals surface area contributed by atoms with Gasteiger partial charge in [0, 0.05) is 6.42 Å². The number of carbonyl (C=O) groups is 1. The van der Waals surface area contributed by atoms with E-state index in [2.05, 4.69) is 18.6 Å². The average molecular weight is 280 g/mol. The lowest BCUT2D eigenvalue weighted by atomic mass is 9.86. The fourth-order valence-corrected chi connectivity index (χ4v) is 3.38. The molecule has 0 amide bonds. The minimum Gasteiger partial charge on any atom is -0.437 e. The van der Waals surface area contributed by atoms with E-state index in [0.29, 0.717) is 36.8 Å². The highest BCUT2D eigenvalue weighted by Crippen LogP contribution is 2.42. The van der Waals surface area contributed by atoms with Gasteiger partial charge in [-0.2, -0.15) is 0 Å². The molecule has 20 heavy (non-hydrogen) atoms. The summed E-state index contributed by atoms with van der Waals surface area (Å²) in [6.45, 7) is 4.91. The van der Waals surface area contributed by atoms with E-state index in [1.807, 2.05) is 0 Å². The summed E-state index contributed by atoms with van der Waals surface area (Å²) in [5.74, 6) is 1.42. The van der Waals surface area contributed by atoms with Crippen LogP contribution in [0.25, 0.3) is 0 Å². The fourth-order valence-electron chi connectivity index (χ4n) is 3.38. The highest BCUT2D eigenvalue weighted by molar-refractivity contribution is 5.38. The molecule has 2 saturated heterocycles. The molecule has 2 heterocycles. The van der Waals surface area contributed by atoms with Crippen LogP contribution in [0, 0.1) is 11.8 Å². The topological polar surface area (TPSA) is 51.4 Å². The second-order valence-electron chi connectivity index (χ2n) is 6.61. The number of carbonyl (C=O) groups excluding carboxylic acids is 1. The Hall–Kier alpha value is -0.870. The van der Waals surface area contributed by atoms with Gasteiger partial charge in [0.15, 0.2) is 0 Å². The Morgan fingerprint density at radius 2 is 1.80 bits per heavy atom. The van der Waals surface area contributed by atoms with Crippen LogP contribution in [0.15, 0.2) is 11.8 Å². The molecule has 0 aromatic carbocycles. The standard InChI is InChI=1S/C9H12O3.C7H12O/c1-6-2-8-9(12-8)3-7(6)4-11-5-10;1-5-2-3-6-7(4-5)8-6/h4-6,8-9H,2-3H2,1H3;5-7H,2-4H2,1H3. The van der Waals surface area contributed by atoms with Crippen molar-refractivity contribution >= 4 is 6.47 Å². The van der Waals surface area contributed by atoms with Gasteiger partial charge in [0.1, 0.15) is 0 Å². The van der Waals surface area contributed by atoms with E-state index < -0.39 is 0 Å². The summed E-state index contributed by atoms with van der Waals surface area (Å²) in [5, 5.41) is 0. The highest BCUT2D eigenvalue weighted by Gasteiger charge is 2.45. The SMILES string of the molecule is CC1CC2OC2CC1=COC=O.CC1CCC2OC2C1. The van der Waals surface area contributed by atoms with Gasteiger partial charge in [-0.3, -0.25) is 4.79 Å². The van der Waals surface area contributed by atoms with Crippen LogP contribution in [0.5, 0.6) is 0 Å². The molecule has 0 radical (unpaired) electrons. The number of epoxide rings is 2. The lowest BCUT2D eigenvalue weighted by Gasteiger charge is -2.17. The molecule has 2 saturated carbocycles. The molecule has 0 bridgehead atoms. The minimum atomic E-state index is 0.405. The van der Waals surface area contributed by atoms with Crippen molar-refractivity contribution in [2.75, 3.05) is 0 Å². The molecule has 112 valence electrons. The molecule has 0 aromatic heterocycles. The smallest absolute Gasteiger partial charge is 0.297 e. The van der Waals surface area contributed by atoms with Crippen LogP contribution in [0.1, 0.15) is 46.0 Å². The van der Waals surface area contributed by atoms with Crippen LogP contribution in [0.3, 0.4) is 0 Å². The number of fused-ring (bicyclic) bond motifs is 2. The van der Waals surface area contributed by atoms with Crippen LogP contribution in [0.2, 0.25) is 0 Å². The van der Waals surface area contributed by atoms with Crippen molar-refractivity contribution in [1.82, 2.24) is 0 Å². The molecule has 4 heteroatoms. The second-order valence-corrected chi connectivity index (χ2v) is 6.61. The molecule has 6 atom stereocenters. The summed E-state index contributed by atoms with van der Waals surface area (Å²) in [6.07, 6.45) is 9.85. The number of ether oxygens (including phenoxy) is 3. The highest BCUT2D eigenvalue weighted by atomic mass is 16.6. The van der Waals surface area contributed by atoms with Crippen molar-refractivity contribution in [2.24, 2.45) is 11.8 Å². The average Bonchev–Trinajstić information content (AvgIpc) is 3.31. The third-order valence-electron chi connectivity index (χ3n) is 4.88. The largest absolute Gasteiger partial charge is 0.437 e. The van der Waals surface area contributed by atoms with Crippen LogP contribution < -0.4 is 0 Å². The Balaban J connectivity index is 0.000000131. The van der Waals surface area contributed by atoms with Gasteiger partial charge >= 0.3 is 0 Å². The maximum Gasteiger partial charge on any atom is 0.297 e. The van der Waals surface area contributed by atoms with E-state index in [1.54, 1.807) is 6.26 Å². The van der Waals surface area contributed by atoms with Gasteiger partial charge in [-0.15, -0.1) is 0 Å². The van der Waals surface area contributed by atoms with Crippen LogP contribution in [-0.4, -0.2) is 30.9 Å². The summed E-state index contributed by atoms with van der Waals surface area (Å²) in [4.78, 5) is 9.95. The van der Waals surface area contributed by atoms with E-state index in [-0.39, 0.29) is 0 Å². The third kappa shape index (κ3) is 3.41. The number of hydrogen-bond acceptors (Lipinski definition) is 4. The fraction of sp³-hybridized carbons (Fsp3) is 0.812. The molecular weight excluding hydrogens is 256 g/mol. The number of rotatable bonds is 2. The van der Waals surface area contributed by atoms with Crippen LogP contribution in [-0.2, 0) is 19.0 Å². The molecule has 4 rings (SSSR count). The van der Waals surface area contributed by atoms with Gasteiger partial charge in [-0.1, -0.05) is 13.8 Å². The predicted molar refractivity (Wildman–Crippen MR) is 74.0 cm³/mol. The molecule has 0 N–H and O–H groups in total. The Bertz CT molecular complexity index is 392. The first-order chi connectivity index (χ1) is 9.67. The van der Waals surface area contributed by atoms with Gasteiger partial charge in [-0.05, 0) is 43.1 Å². The van der Waals surface area contributed by atoms with Crippen molar-refractivity contribution in [2.45, 2.75) is 70.4 Å². The van der Waals surface area contributed by atoms with E-state index in [4.69, 9.17) is 9.47 Å². The first-order valence-corrected chi connectivity index (χ1v) is 7.76. The zero-order chi connectivity index (χ0) is 14.1. The van der Waals surface area contributed by atoms with E-state index >= 15 is 0 Å². The summed E-state index contributed by atoms with van der Waals surface area (Å²) in [6, 6.07) is 0. The van der Waals surface area contributed by atoms with Crippen molar-refractivity contribution in [3.05, 3.63) is 11.8 Å². The molecule has 4 nitrogen and oxygen atoms in total. The molecule has 6 unspecified atom stereocenters. The Labute approximate surface area is 120 Å². The van der Waals surface area contributed by atoms with Crippen molar-refractivity contribution < 1.29 is 19.0 Å². The Morgan fingerprint density at radius 3 is 2.50 bits per heavy atom. The lowest BCUT2D eigenvalue weighted by molar-refractivity contribution is -0.123. The van der Waals surface area contributed by atoms with Gasteiger partial charge in [0.25, 0.3) is 6.47 Å². The quantitative estimate of drug-likeness (QED) is 0.443. The van der Waals surface area contributed by atoms with Crippen molar-refractivity contribution in [3.8, 4) is 0 Å². The monoisotopic (exact) mass is 280 g/mol. The molecule has 2 aliphatic heterocycles. The lowest BCUT2D eigenvalue weighted by Crippen LogP contribution is -2.13. The van der Waals surface area contributed by atoms with Gasteiger partial charge in [-0.25, -0.2) is 0 Å². The molecule has 2 aliphatic carbocycles. The van der Waals surface area contributed by atoms with Gasteiger partial charge < -0.3 is 14.2 Å². The van der Waals surface area contributed by atoms with Gasteiger partial charge in [0.05, 0.1) is 30.7 Å². The van der Waals surface area contributed by atoms with Crippen LogP contribution in [0.4, 0.5) is 0 Å². The van der Waals surface area contributed by atoms with E-state index in [9.17, 15) is 4.79 Å². The summed E-state index contributed by atoms with van der Waals surface area (Å²) < 4.78 is 15.3. The molecule has 0 aromatic rings. The maximum atomic E-state index is 9.95. The molecule has 4 fully saturated rings. The van der Waals surface area contributed by atoms with Crippen LogP contribution >= 0.6 is 0 Å². The molecule has 4 aliphatic rings. The second kappa shape index (κ2) is 5.86.